The summed E-state index contributed by atoms with van der Waals surface area (Å²) in [5.74, 6) is 1.49. The Morgan fingerprint density at radius 2 is 0.943 bits per heavy atom. The van der Waals surface area contributed by atoms with Crippen molar-refractivity contribution < 1.29 is 0 Å². The molecule has 1 aliphatic rings. The number of aliphatic imine (C=N–C) groups is 2. The van der Waals surface area contributed by atoms with Gasteiger partial charge in [-0.15, -0.1) is 0 Å². The lowest BCUT2D eigenvalue weighted by molar-refractivity contribution is 0.674. The summed E-state index contributed by atoms with van der Waals surface area (Å²) in [6.45, 7) is 0. The Bertz CT molecular complexity index is 2810. The first kappa shape index (κ1) is 30.8. The molecule has 1 aromatic heterocycles. The summed E-state index contributed by atoms with van der Waals surface area (Å²) >= 11 is 0. The lowest BCUT2D eigenvalue weighted by Crippen LogP contribution is -2.33. The highest BCUT2D eigenvalue weighted by Gasteiger charge is 2.24. The van der Waals surface area contributed by atoms with Gasteiger partial charge in [-0.1, -0.05) is 158 Å². The smallest absolute Gasteiger partial charge is 0.160 e. The minimum Gasteiger partial charge on any atom is -0.344 e. The van der Waals surface area contributed by atoms with Gasteiger partial charge < -0.3 is 9.88 Å². The highest BCUT2D eigenvalue weighted by molar-refractivity contribution is 6.19. The van der Waals surface area contributed by atoms with E-state index in [9.17, 15) is 0 Å². The van der Waals surface area contributed by atoms with Crippen molar-refractivity contribution in [1.29, 1.82) is 0 Å². The first-order valence-electron chi connectivity index (χ1n) is 18.0. The molecule has 9 aromatic rings. The van der Waals surface area contributed by atoms with E-state index >= 15 is 0 Å². The van der Waals surface area contributed by atoms with E-state index in [1.165, 1.54) is 32.9 Å². The molecule has 1 aliphatic heterocycles. The molecule has 0 spiro atoms. The Labute approximate surface area is 308 Å². The molecule has 1 N–H and O–H groups in total. The van der Waals surface area contributed by atoms with Gasteiger partial charge in [-0.25, -0.2) is 9.98 Å². The van der Waals surface area contributed by atoms with Crippen LogP contribution in [-0.2, 0) is 0 Å². The van der Waals surface area contributed by atoms with Crippen LogP contribution >= 0.6 is 0 Å². The van der Waals surface area contributed by atoms with E-state index < -0.39 is 0 Å². The minimum absolute atomic E-state index is 0.350. The van der Waals surface area contributed by atoms with Gasteiger partial charge in [-0.05, 0) is 69.6 Å². The van der Waals surface area contributed by atoms with Gasteiger partial charge in [0, 0.05) is 27.3 Å². The Morgan fingerprint density at radius 3 is 1.62 bits per heavy atom. The van der Waals surface area contributed by atoms with Crippen molar-refractivity contribution in [3.8, 4) is 27.9 Å². The summed E-state index contributed by atoms with van der Waals surface area (Å²) in [4.78, 5) is 10.7. The first-order chi connectivity index (χ1) is 26.3. The molecule has 0 fully saturated rings. The lowest BCUT2D eigenvalue weighted by atomic mass is 9.99. The monoisotopic (exact) mass is 678 g/mol. The lowest BCUT2D eigenvalue weighted by Gasteiger charge is -2.25. The first-order valence-corrected chi connectivity index (χ1v) is 18.0. The molecule has 0 bridgehead atoms. The van der Waals surface area contributed by atoms with Crippen LogP contribution in [0.1, 0.15) is 22.9 Å². The fourth-order valence-electron chi connectivity index (χ4n) is 7.74. The quantitative estimate of drug-likeness (QED) is 0.187. The predicted molar refractivity (Wildman–Crippen MR) is 221 cm³/mol. The van der Waals surface area contributed by atoms with Crippen molar-refractivity contribution >= 4 is 44.2 Å². The highest BCUT2D eigenvalue weighted by atomic mass is 15.2. The fourth-order valence-corrected chi connectivity index (χ4v) is 7.74. The number of amidine groups is 2. The van der Waals surface area contributed by atoms with Crippen LogP contribution in [0.5, 0.6) is 0 Å². The van der Waals surface area contributed by atoms with Crippen LogP contribution in [0.25, 0.3) is 60.5 Å². The second-order valence-electron chi connectivity index (χ2n) is 13.4. The van der Waals surface area contributed by atoms with Crippen molar-refractivity contribution in [2.24, 2.45) is 9.98 Å². The number of hydrogen-bond donors (Lipinski definition) is 1. The maximum atomic E-state index is 5.37. The van der Waals surface area contributed by atoms with E-state index in [0.29, 0.717) is 5.84 Å². The minimum atomic E-state index is -0.350. The normalized spacial score (nSPS) is 14.2. The zero-order valence-electron chi connectivity index (χ0n) is 28.9. The number of fused-ring (bicyclic) bond motifs is 4. The summed E-state index contributed by atoms with van der Waals surface area (Å²) in [5, 5.41) is 8.45. The number of nitrogens with one attached hydrogen (secondary N) is 1. The maximum absolute atomic E-state index is 5.37. The Hall–Kier alpha value is -7.04. The average molecular weight is 679 g/mol. The Balaban J connectivity index is 1.15. The number of hydrogen-bond acceptors (Lipinski definition) is 3. The molecule has 0 radical (unpaired) electrons. The van der Waals surface area contributed by atoms with Gasteiger partial charge in [0.25, 0.3) is 0 Å². The number of para-hydroxylation sites is 2. The number of aromatic nitrogens is 1. The maximum Gasteiger partial charge on any atom is 0.160 e. The fraction of sp³-hybridized carbons (Fsp3) is 0.0204. The van der Waals surface area contributed by atoms with Gasteiger partial charge in [0.1, 0.15) is 12.0 Å². The topological polar surface area (TPSA) is 41.7 Å². The standard InChI is InChI=1S/C49H34N4/c1-3-15-33(16-4-1)35-19-13-21-37(31-35)47-50-48(38-22-14-20-36(32-38)34-17-5-2-6-18-34)52-49(51-47)43-29-30-46(40-24-8-7-23-39(40)43)53-44-27-11-9-25-41(44)42-26-10-12-28-45(42)53/h1-32,47H,(H,50,51,52). The van der Waals surface area contributed by atoms with Crippen molar-refractivity contribution in [3.05, 3.63) is 211 Å². The zero-order valence-corrected chi connectivity index (χ0v) is 28.9. The highest BCUT2D eigenvalue weighted by Crippen LogP contribution is 2.36. The van der Waals surface area contributed by atoms with E-state index in [-0.39, 0.29) is 6.17 Å². The zero-order chi connectivity index (χ0) is 35.1. The van der Waals surface area contributed by atoms with Crippen molar-refractivity contribution in [3.63, 3.8) is 0 Å². The summed E-state index contributed by atoms with van der Waals surface area (Å²) in [6, 6.07) is 68.7. The van der Waals surface area contributed by atoms with Crippen molar-refractivity contribution in [1.82, 2.24) is 9.88 Å². The Morgan fingerprint density at radius 1 is 0.415 bits per heavy atom. The third-order valence-corrected chi connectivity index (χ3v) is 10.3. The van der Waals surface area contributed by atoms with Gasteiger partial charge in [-0.3, -0.25) is 0 Å². The van der Waals surface area contributed by atoms with Gasteiger partial charge in [0.2, 0.25) is 0 Å². The van der Waals surface area contributed by atoms with E-state index in [1.54, 1.807) is 0 Å². The largest absolute Gasteiger partial charge is 0.344 e. The van der Waals surface area contributed by atoms with E-state index in [0.717, 1.165) is 50.1 Å². The van der Waals surface area contributed by atoms with E-state index in [2.05, 4.69) is 198 Å². The van der Waals surface area contributed by atoms with Gasteiger partial charge >= 0.3 is 0 Å². The molecule has 0 saturated carbocycles. The molecule has 4 nitrogen and oxygen atoms in total. The molecule has 0 saturated heterocycles. The van der Waals surface area contributed by atoms with Gasteiger partial charge in [0.05, 0.1) is 16.7 Å². The van der Waals surface area contributed by atoms with Crippen LogP contribution in [0.2, 0.25) is 0 Å². The number of benzene rings is 8. The van der Waals surface area contributed by atoms with Crippen molar-refractivity contribution in [2.45, 2.75) is 6.17 Å². The van der Waals surface area contributed by atoms with Gasteiger partial charge in [0.15, 0.2) is 5.84 Å². The van der Waals surface area contributed by atoms with Crippen molar-refractivity contribution in [2.75, 3.05) is 0 Å². The van der Waals surface area contributed by atoms with E-state index in [4.69, 9.17) is 9.98 Å². The second-order valence-corrected chi connectivity index (χ2v) is 13.4. The summed E-state index contributed by atoms with van der Waals surface area (Å²) in [5.41, 5.74) is 11.2. The van der Waals surface area contributed by atoms with Crippen LogP contribution in [0.15, 0.2) is 204 Å². The van der Waals surface area contributed by atoms with Crippen LogP contribution in [0.4, 0.5) is 0 Å². The van der Waals surface area contributed by atoms with Crippen LogP contribution < -0.4 is 5.32 Å². The molecule has 1 unspecified atom stereocenters. The predicted octanol–water partition coefficient (Wildman–Crippen LogP) is 11.8. The number of rotatable bonds is 6. The molecule has 8 aromatic carbocycles. The average Bonchev–Trinajstić information content (AvgIpc) is 3.58. The number of nitrogens with zero attached hydrogens (tertiary/aromatic N) is 3. The van der Waals surface area contributed by atoms with E-state index in [1.807, 2.05) is 6.07 Å². The van der Waals surface area contributed by atoms with Crippen LogP contribution in [-0.4, -0.2) is 16.2 Å². The Kier molecular flexibility index (Phi) is 7.51. The second kappa shape index (κ2) is 12.9. The molecule has 2 heterocycles. The molecule has 10 rings (SSSR count). The summed E-state index contributed by atoms with van der Waals surface area (Å²) in [7, 11) is 0. The molecule has 0 aliphatic carbocycles. The van der Waals surface area contributed by atoms with Crippen LogP contribution in [0.3, 0.4) is 0 Å². The van der Waals surface area contributed by atoms with Crippen LogP contribution in [0, 0.1) is 0 Å². The molecule has 0 amide bonds. The SMILES string of the molecule is c1ccc(-c2cccc(C3=NC(c4ccc(-n5c6ccccc6c6ccccc65)c5ccccc45)=NC(c4cccc(-c5ccccc5)c4)N3)c2)cc1. The van der Waals surface area contributed by atoms with Gasteiger partial charge in [-0.2, -0.15) is 0 Å². The summed E-state index contributed by atoms with van der Waals surface area (Å²) < 4.78 is 2.39. The third-order valence-electron chi connectivity index (χ3n) is 10.3. The molecule has 4 heteroatoms. The third kappa shape index (κ3) is 5.49. The molecular weight excluding hydrogens is 645 g/mol. The molecule has 53 heavy (non-hydrogen) atoms. The molecule has 1 atom stereocenters. The summed E-state index contributed by atoms with van der Waals surface area (Å²) in [6.07, 6.45) is -0.350. The molecular formula is C49H34N4. The molecule has 250 valence electrons.